The number of allylic oxidation sites excluding steroid dienone is 2. The van der Waals surface area contributed by atoms with E-state index in [0.717, 1.165) is 5.57 Å². The van der Waals surface area contributed by atoms with Crippen LogP contribution >= 0.6 is 0 Å². The number of carbonyl (C=O) groups excluding carboxylic acids is 2. The first-order valence-corrected chi connectivity index (χ1v) is 8.92. The number of aliphatic hydroxyl groups is 2. The molecule has 1 saturated carbocycles. The molecule has 2 fully saturated rings. The minimum atomic E-state index is -1.49. The van der Waals surface area contributed by atoms with Crippen molar-refractivity contribution in [2.75, 3.05) is 0 Å². The molecule has 6 heteroatoms. The molecule has 0 aromatic rings. The van der Waals surface area contributed by atoms with Gasteiger partial charge in [0.15, 0.2) is 6.10 Å². The Morgan fingerprint density at radius 3 is 2.73 bits per heavy atom. The van der Waals surface area contributed by atoms with E-state index in [1.54, 1.807) is 26.8 Å². The molecule has 0 unspecified atom stereocenters. The molecule has 2 aliphatic carbocycles. The molecule has 142 valence electrons. The number of rotatable bonds is 2. The van der Waals surface area contributed by atoms with Crippen LogP contribution in [0.15, 0.2) is 35.5 Å². The molecule has 3 aliphatic rings. The first-order chi connectivity index (χ1) is 12.1. The Balaban J connectivity index is 2.06. The number of hydrogen-bond donors (Lipinski definition) is 2. The van der Waals surface area contributed by atoms with Gasteiger partial charge in [-0.3, -0.25) is 0 Å². The number of fused-ring (bicyclic) bond motifs is 3. The molecule has 7 atom stereocenters. The van der Waals surface area contributed by atoms with Crippen LogP contribution < -0.4 is 0 Å². The predicted molar refractivity (Wildman–Crippen MR) is 93.8 cm³/mol. The molecule has 1 saturated heterocycles. The highest BCUT2D eigenvalue weighted by molar-refractivity contribution is 5.91. The van der Waals surface area contributed by atoms with Gasteiger partial charge in [-0.05, 0) is 34.1 Å². The summed E-state index contributed by atoms with van der Waals surface area (Å²) in [4.78, 5) is 24.4. The fraction of sp³-hybridized carbons (Fsp3) is 0.600. The lowest BCUT2D eigenvalue weighted by molar-refractivity contribution is -0.184. The summed E-state index contributed by atoms with van der Waals surface area (Å²) < 4.78 is 11.1. The molecule has 1 aliphatic heterocycles. The average Bonchev–Trinajstić information content (AvgIpc) is 3.09. The molecule has 6 nitrogen and oxygen atoms in total. The predicted octanol–water partition coefficient (Wildman–Crippen LogP) is 1.67. The van der Waals surface area contributed by atoms with Gasteiger partial charge in [-0.15, -0.1) is 0 Å². The molecule has 1 heterocycles. The Morgan fingerprint density at radius 1 is 1.46 bits per heavy atom. The minimum Gasteiger partial charge on any atom is -0.458 e. The van der Waals surface area contributed by atoms with Gasteiger partial charge >= 0.3 is 11.9 Å². The average molecular weight is 362 g/mol. The van der Waals surface area contributed by atoms with Crippen molar-refractivity contribution in [3.05, 3.63) is 35.5 Å². The van der Waals surface area contributed by atoms with Crippen molar-refractivity contribution < 1.29 is 29.3 Å². The SMILES string of the molecule is C=C1C(=O)O[C@H]2[C@H]1[C@@H](O)[C@H](OC(=O)/C(C)=C\C)[C@](C)(O)[C@H]1CC=C(C)[C@H]21. The zero-order valence-electron chi connectivity index (χ0n) is 15.6. The molecule has 0 bridgehead atoms. The van der Waals surface area contributed by atoms with E-state index in [1.807, 2.05) is 13.0 Å². The largest absolute Gasteiger partial charge is 0.458 e. The van der Waals surface area contributed by atoms with Gasteiger partial charge in [0, 0.05) is 23.0 Å². The lowest BCUT2D eigenvalue weighted by Gasteiger charge is -2.39. The van der Waals surface area contributed by atoms with Gasteiger partial charge in [0.25, 0.3) is 0 Å². The third kappa shape index (κ3) is 2.63. The second-order valence-corrected chi connectivity index (χ2v) is 7.75. The molecule has 0 aromatic heterocycles. The van der Waals surface area contributed by atoms with Crippen LogP contribution in [0.25, 0.3) is 0 Å². The zero-order chi connectivity index (χ0) is 19.4. The van der Waals surface area contributed by atoms with Gasteiger partial charge in [-0.1, -0.05) is 24.3 Å². The molecular weight excluding hydrogens is 336 g/mol. The van der Waals surface area contributed by atoms with Crippen LogP contribution in [-0.4, -0.2) is 46.1 Å². The van der Waals surface area contributed by atoms with Crippen molar-refractivity contribution >= 4 is 11.9 Å². The zero-order valence-corrected chi connectivity index (χ0v) is 15.6. The molecule has 26 heavy (non-hydrogen) atoms. The fourth-order valence-corrected chi connectivity index (χ4v) is 4.57. The first-order valence-electron chi connectivity index (χ1n) is 8.92. The van der Waals surface area contributed by atoms with E-state index in [4.69, 9.17) is 9.47 Å². The second kappa shape index (κ2) is 6.35. The maximum atomic E-state index is 12.3. The molecule has 3 rings (SSSR count). The maximum Gasteiger partial charge on any atom is 0.334 e. The monoisotopic (exact) mass is 362 g/mol. The number of ether oxygens (including phenoxy) is 2. The van der Waals surface area contributed by atoms with Crippen molar-refractivity contribution in [3.63, 3.8) is 0 Å². The molecule has 0 spiro atoms. The molecule has 0 radical (unpaired) electrons. The summed E-state index contributed by atoms with van der Waals surface area (Å²) in [5.74, 6) is -2.47. The Hall–Kier alpha value is -1.92. The van der Waals surface area contributed by atoms with Crippen molar-refractivity contribution in [2.24, 2.45) is 17.8 Å². The summed E-state index contributed by atoms with van der Waals surface area (Å²) in [5, 5.41) is 22.3. The van der Waals surface area contributed by atoms with Crippen molar-refractivity contribution in [2.45, 2.75) is 58.0 Å². The third-order valence-electron chi connectivity index (χ3n) is 6.26. The Bertz CT molecular complexity index is 716. The van der Waals surface area contributed by atoms with E-state index in [1.165, 1.54) is 0 Å². The fourth-order valence-electron chi connectivity index (χ4n) is 4.57. The summed E-state index contributed by atoms with van der Waals surface area (Å²) in [6.45, 7) is 10.6. The number of aliphatic hydroxyl groups excluding tert-OH is 1. The standard InChI is InChI=1S/C20H26O6/c1-6-9(2)18(22)26-17-15(21)14-11(4)19(23)25-16(14)13-10(3)7-8-12(13)20(17,5)24/h6-7,12-17,21,24H,4,8H2,1-3,5H3/b9-6-/t12-,13-,14+,15+,16+,17-,20+/m0/s1. The van der Waals surface area contributed by atoms with Crippen LogP contribution in [0.3, 0.4) is 0 Å². The summed E-state index contributed by atoms with van der Waals surface area (Å²) >= 11 is 0. The lowest BCUT2D eigenvalue weighted by Crippen LogP contribution is -2.54. The van der Waals surface area contributed by atoms with E-state index < -0.39 is 41.8 Å². The van der Waals surface area contributed by atoms with Crippen molar-refractivity contribution in [3.8, 4) is 0 Å². The van der Waals surface area contributed by atoms with E-state index in [2.05, 4.69) is 6.58 Å². The van der Waals surface area contributed by atoms with Gasteiger partial charge < -0.3 is 19.7 Å². The van der Waals surface area contributed by atoms with Gasteiger partial charge in [-0.25, -0.2) is 9.59 Å². The Labute approximate surface area is 153 Å². The van der Waals surface area contributed by atoms with Crippen LogP contribution in [-0.2, 0) is 19.1 Å². The van der Waals surface area contributed by atoms with Crippen LogP contribution in [0.1, 0.15) is 34.1 Å². The summed E-state index contributed by atoms with van der Waals surface area (Å²) in [7, 11) is 0. The quantitative estimate of drug-likeness (QED) is 0.441. The number of hydrogen-bond acceptors (Lipinski definition) is 6. The topological polar surface area (TPSA) is 93.1 Å². The van der Waals surface area contributed by atoms with Gasteiger partial charge in [0.1, 0.15) is 17.8 Å². The van der Waals surface area contributed by atoms with Crippen molar-refractivity contribution in [1.29, 1.82) is 0 Å². The van der Waals surface area contributed by atoms with Crippen LogP contribution in [0.2, 0.25) is 0 Å². The molecule has 0 amide bonds. The molecular formula is C20H26O6. The minimum absolute atomic E-state index is 0.155. The van der Waals surface area contributed by atoms with Gasteiger partial charge in [-0.2, -0.15) is 0 Å². The van der Waals surface area contributed by atoms with Gasteiger partial charge in [0.05, 0.1) is 5.92 Å². The summed E-state index contributed by atoms with van der Waals surface area (Å²) in [6, 6.07) is 0. The van der Waals surface area contributed by atoms with Gasteiger partial charge in [0.2, 0.25) is 0 Å². The molecule has 2 N–H and O–H groups in total. The van der Waals surface area contributed by atoms with E-state index in [-0.39, 0.29) is 17.4 Å². The summed E-state index contributed by atoms with van der Waals surface area (Å²) in [6.07, 6.45) is 1.06. The first kappa shape index (κ1) is 18.9. The third-order valence-corrected chi connectivity index (χ3v) is 6.26. The second-order valence-electron chi connectivity index (χ2n) is 7.75. The maximum absolute atomic E-state index is 12.3. The normalized spacial score (nSPS) is 42.5. The highest BCUT2D eigenvalue weighted by atomic mass is 16.6. The smallest absolute Gasteiger partial charge is 0.334 e. The van der Waals surface area contributed by atoms with Crippen LogP contribution in [0.4, 0.5) is 0 Å². The molecule has 0 aromatic carbocycles. The van der Waals surface area contributed by atoms with E-state index >= 15 is 0 Å². The number of esters is 2. The highest BCUT2D eigenvalue weighted by Crippen LogP contribution is 2.52. The summed E-state index contributed by atoms with van der Waals surface area (Å²) in [5.41, 5.74) is 0.0432. The van der Waals surface area contributed by atoms with Crippen LogP contribution in [0, 0.1) is 17.8 Å². The van der Waals surface area contributed by atoms with Crippen molar-refractivity contribution in [1.82, 2.24) is 0 Å². The van der Waals surface area contributed by atoms with E-state index in [0.29, 0.717) is 12.0 Å². The van der Waals surface area contributed by atoms with E-state index in [9.17, 15) is 19.8 Å². The number of carbonyl (C=O) groups is 2. The Morgan fingerprint density at radius 2 is 2.12 bits per heavy atom. The van der Waals surface area contributed by atoms with Crippen LogP contribution in [0.5, 0.6) is 0 Å². The highest BCUT2D eigenvalue weighted by Gasteiger charge is 2.62. The Kier molecular flexibility index (Phi) is 4.61. The lowest BCUT2D eigenvalue weighted by atomic mass is 9.75.